The Hall–Kier alpha value is -5.19. The van der Waals surface area contributed by atoms with Crippen LogP contribution in [0.15, 0.2) is 77.3 Å². The molecule has 5 rings (SSSR count). The second-order valence-electron chi connectivity index (χ2n) is 9.20. The number of hydrogen-bond acceptors (Lipinski definition) is 6. The summed E-state index contributed by atoms with van der Waals surface area (Å²) in [4.78, 5) is 38.6. The highest BCUT2D eigenvalue weighted by molar-refractivity contribution is 6.13. The molecule has 11 heteroatoms. The summed E-state index contributed by atoms with van der Waals surface area (Å²) in [6.45, 7) is 3.79. The first-order valence-corrected chi connectivity index (χ1v) is 11.8. The van der Waals surface area contributed by atoms with Gasteiger partial charge >= 0.3 is 0 Å². The lowest BCUT2D eigenvalue weighted by Crippen LogP contribution is -2.40. The number of benzene rings is 2. The Kier molecular flexibility index (Phi) is 6.25. The van der Waals surface area contributed by atoms with Gasteiger partial charge < -0.3 is 20.4 Å². The monoisotopic (exact) mass is 511 g/mol. The highest BCUT2D eigenvalue weighted by Gasteiger charge is 2.26. The number of para-hydroxylation sites is 1. The van der Waals surface area contributed by atoms with Crippen molar-refractivity contribution in [2.75, 3.05) is 10.6 Å². The summed E-state index contributed by atoms with van der Waals surface area (Å²) >= 11 is 0. The Labute approximate surface area is 217 Å². The third-order valence-electron chi connectivity index (χ3n) is 5.98. The van der Waals surface area contributed by atoms with Crippen LogP contribution in [0.5, 0.6) is 0 Å². The van der Waals surface area contributed by atoms with Crippen molar-refractivity contribution < 1.29 is 18.8 Å². The Morgan fingerprint density at radius 3 is 2.39 bits per heavy atom. The minimum absolute atomic E-state index is 0.0659. The van der Waals surface area contributed by atoms with Gasteiger partial charge in [0.2, 0.25) is 0 Å². The van der Waals surface area contributed by atoms with Crippen LogP contribution in [0, 0.1) is 0 Å². The third-order valence-corrected chi connectivity index (χ3v) is 5.98. The first-order chi connectivity index (χ1) is 18.2. The highest BCUT2D eigenvalue weighted by Crippen LogP contribution is 2.27. The van der Waals surface area contributed by atoms with Gasteiger partial charge in [-0.15, -0.1) is 0 Å². The van der Waals surface area contributed by atoms with Gasteiger partial charge in [-0.05, 0) is 37.6 Å². The van der Waals surface area contributed by atoms with E-state index in [2.05, 4.69) is 31.2 Å². The zero-order chi connectivity index (χ0) is 26.9. The maximum absolute atomic E-state index is 13.1. The molecule has 11 nitrogen and oxygen atoms in total. The van der Waals surface area contributed by atoms with Gasteiger partial charge in [0.05, 0.1) is 16.8 Å². The Bertz CT molecular complexity index is 1650. The fourth-order valence-corrected chi connectivity index (χ4v) is 3.97. The van der Waals surface area contributed by atoms with Crippen LogP contribution in [-0.4, -0.2) is 37.7 Å². The van der Waals surface area contributed by atoms with Crippen molar-refractivity contribution in [3.05, 3.63) is 95.5 Å². The molecule has 3 amide bonds. The molecule has 0 spiro atoms. The summed E-state index contributed by atoms with van der Waals surface area (Å²) in [5, 5.41) is 19.3. The van der Waals surface area contributed by atoms with Gasteiger partial charge in [0.1, 0.15) is 5.52 Å². The van der Waals surface area contributed by atoms with Crippen molar-refractivity contribution in [3.63, 3.8) is 0 Å². The quantitative estimate of drug-likeness (QED) is 0.259. The number of aromatic nitrogens is 4. The van der Waals surface area contributed by atoms with E-state index >= 15 is 0 Å². The Morgan fingerprint density at radius 2 is 1.66 bits per heavy atom. The Balaban J connectivity index is 1.33. The maximum Gasteiger partial charge on any atom is 0.287 e. The molecule has 0 bridgehead atoms. The lowest BCUT2D eigenvalue weighted by atomic mass is 9.94. The van der Waals surface area contributed by atoms with Gasteiger partial charge in [0.15, 0.2) is 22.9 Å². The number of carbonyl (C=O) groups excluding carboxylic acids is 3. The van der Waals surface area contributed by atoms with Crippen LogP contribution in [0.25, 0.3) is 11.1 Å². The van der Waals surface area contributed by atoms with Gasteiger partial charge in [-0.1, -0.05) is 42.5 Å². The van der Waals surface area contributed by atoms with Gasteiger partial charge in [-0.25, -0.2) is 0 Å². The minimum Gasteiger partial charge on any atom is -0.445 e. The number of carbonyl (C=O) groups is 3. The van der Waals surface area contributed by atoms with Crippen molar-refractivity contribution in [2.45, 2.75) is 19.4 Å². The van der Waals surface area contributed by atoms with Crippen molar-refractivity contribution in [1.29, 1.82) is 0 Å². The van der Waals surface area contributed by atoms with E-state index in [1.807, 2.05) is 44.2 Å². The fourth-order valence-electron chi connectivity index (χ4n) is 3.97. The summed E-state index contributed by atoms with van der Waals surface area (Å²) < 4.78 is 7.28. The maximum atomic E-state index is 13.1. The molecule has 0 radical (unpaired) electrons. The SMILES string of the molecule is Cn1ccc(C(=O)Nc2ccccc2C(=O)Nc2n[nH]c3cc(C(=O)NC(C)(C)c4ccccc4)oc23)n1. The van der Waals surface area contributed by atoms with E-state index in [1.165, 1.54) is 10.7 Å². The van der Waals surface area contributed by atoms with Crippen LogP contribution in [0.2, 0.25) is 0 Å². The number of anilines is 2. The Morgan fingerprint density at radius 1 is 0.921 bits per heavy atom. The van der Waals surface area contributed by atoms with Gasteiger partial charge in [-0.2, -0.15) is 10.2 Å². The first-order valence-electron chi connectivity index (χ1n) is 11.8. The second-order valence-corrected chi connectivity index (χ2v) is 9.20. The molecule has 3 aromatic heterocycles. The molecule has 0 unspecified atom stereocenters. The number of hydrogen-bond donors (Lipinski definition) is 4. The molecule has 192 valence electrons. The summed E-state index contributed by atoms with van der Waals surface area (Å²) in [6.07, 6.45) is 1.65. The van der Waals surface area contributed by atoms with E-state index in [1.54, 1.807) is 43.6 Å². The molecule has 0 atom stereocenters. The standard InChI is InChI=1S/C27H25N7O4/c1-27(2,16-9-5-4-6-10-16)30-26(37)21-15-20-22(38-21)23(32-31-20)29-24(35)17-11-7-8-12-18(17)28-25(36)19-13-14-34(3)33-19/h4-15H,1-3H3,(H,28,36)(H,30,37)(H2,29,31,32,35). The number of H-pyrrole nitrogens is 1. The fraction of sp³-hybridized carbons (Fsp3) is 0.148. The third kappa shape index (κ3) is 4.89. The molecular formula is C27H25N7O4. The minimum atomic E-state index is -0.641. The number of amides is 3. The number of rotatable bonds is 7. The normalized spacial score (nSPS) is 11.3. The molecule has 3 heterocycles. The van der Waals surface area contributed by atoms with Crippen LogP contribution < -0.4 is 16.0 Å². The molecule has 0 aliphatic carbocycles. The molecule has 0 aliphatic rings. The van der Waals surface area contributed by atoms with Gasteiger partial charge in [0.25, 0.3) is 17.7 Å². The molecule has 2 aromatic carbocycles. The molecule has 0 aliphatic heterocycles. The van der Waals surface area contributed by atoms with Crippen LogP contribution >= 0.6 is 0 Å². The average Bonchev–Trinajstić information content (AvgIpc) is 3.62. The number of nitrogens with one attached hydrogen (secondary N) is 4. The highest BCUT2D eigenvalue weighted by atomic mass is 16.3. The van der Waals surface area contributed by atoms with Crippen LogP contribution in [0.1, 0.15) is 50.8 Å². The number of fused-ring (bicyclic) bond motifs is 1. The summed E-state index contributed by atoms with van der Waals surface area (Å²) in [7, 11) is 1.70. The van der Waals surface area contributed by atoms with E-state index < -0.39 is 23.3 Å². The molecule has 38 heavy (non-hydrogen) atoms. The lowest BCUT2D eigenvalue weighted by Gasteiger charge is -2.26. The second kappa shape index (κ2) is 9.69. The van der Waals surface area contributed by atoms with Crippen LogP contribution in [-0.2, 0) is 12.6 Å². The molecule has 4 N–H and O–H groups in total. The van der Waals surface area contributed by atoms with Crippen molar-refractivity contribution in [2.24, 2.45) is 7.05 Å². The van der Waals surface area contributed by atoms with Crippen LogP contribution in [0.3, 0.4) is 0 Å². The predicted octanol–water partition coefficient (Wildman–Crippen LogP) is 4.06. The van der Waals surface area contributed by atoms with Crippen LogP contribution in [0.4, 0.5) is 11.5 Å². The molecule has 5 aromatic rings. The topological polar surface area (TPSA) is 147 Å². The van der Waals surface area contributed by atoms with Crippen molar-refractivity contribution >= 4 is 40.3 Å². The van der Waals surface area contributed by atoms with E-state index in [9.17, 15) is 14.4 Å². The smallest absolute Gasteiger partial charge is 0.287 e. The van der Waals surface area contributed by atoms with Crippen molar-refractivity contribution in [1.82, 2.24) is 25.3 Å². The van der Waals surface area contributed by atoms with E-state index in [-0.39, 0.29) is 28.4 Å². The predicted molar refractivity (Wildman–Crippen MR) is 141 cm³/mol. The zero-order valence-electron chi connectivity index (χ0n) is 20.9. The van der Waals surface area contributed by atoms with E-state index in [0.29, 0.717) is 11.2 Å². The number of aryl methyl sites for hydroxylation is 1. The zero-order valence-corrected chi connectivity index (χ0v) is 20.9. The van der Waals surface area contributed by atoms with Gasteiger partial charge in [0, 0.05) is 19.3 Å². The van der Waals surface area contributed by atoms with Crippen molar-refractivity contribution in [3.8, 4) is 0 Å². The van der Waals surface area contributed by atoms with Gasteiger partial charge in [-0.3, -0.25) is 24.2 Å². The summed E-state index contributed by atoms with van der Waals surface area (Å²) in [5.41, 5.74) is 1.69. The summed E-state index contributed by atoms with van der Waals surface area (Å²) in [6, 6.07) is 19.2. The molecule has 0 fully saturated rings. The molecule has 0 saturated carbocycles. The number of aromatic amines is 1. The van der Waals surface area contributed by atoms with E-state index in [4.69, 9.17) is 4.42 Å². The van der Waals surface area contributed by atoms with E-state index in [0.717, 1.165) is 5.56 Å². The lowest BCUT2D eigenvalue weighted by molar-refractivity contribution is 0.0885. The number of furan rings is 1. The number of nitrogens with zero attached hydrogens (tertiary/aromatic N) is 3. The average molecular weight is 512 g/mol. The molecular weight excluding hydrogens is 486 g/mol. The largest absolute Gasteiger partial charge is 0.445 e. The first kappa shape index (κ1) is 24.5. The molecule has 0 saturated heterocycles. The summed E-state index contributed by atoms with van der Waals surface area (Å²) in [5.74, 6) is -1.22.